The summed E-state index contributed by atoms with van der Waals surface area (Å²) in [6, 6.07) is 10.2. The number of carbonyl (C=O) groups is 1. The van der Waals surface area contributed by atoms with Crippen molar-refractivity contribution >= 4 is 17.5 Å². The van der Waals surface area contributed by atoms with Gasteiger partial charge in [0, 0.05) is 36.1 Å². The largest absolute Gasteiger partial charge is 0.350 e. The lowest BCUT2D eigenvalue weighted by atomic mass is 10.1. The molecule has 0 fully saturated rings. The van der Waals surface area contributed by atoms with Crippen LogP contribution in [-0.2, 0) is 30.4 Å². The van der Waals surface area contributed by atoms with Crippen molar-refractivity contribution < 1.29 is 13.6 Å². The van der Waals surface area contributed by atoms with E-state index in [9.17, 15) is 23.2 Å². The van der Waals surface area contributed by atoms with E-state index >= 15 is 0 Å². The van der Waals surface area contributed by atoms with Crippen molar-refractivity contribution in [1.29, 1.82) is 0 Å². The Morgan fingerprint density at radius 3 is 2.62 bits per heavy atom. The highest BCUT2D eigenvalue weighted by Crippen LogP contribution is 2.24. The fourth-order valence-electron chi connectivity index (χ4n) is 3.22. The van der Waals surface area contributed by atoms with Gasteiger partial charge in [0.05, 0.1) is 0 Å². The summed E-state index contributed by atoms with van der Waals surface area (Å²) in [6.07, 6.45) is 1.22. The zero-order valence-corrected chi connectivity index (χ0v) is 19.0. The summed E-state index contributed by atoms with van der Waals surface area (Å²) >= 11 is 6.00. The number of benzene rings is 1. The number of amides is 1. The number of nitrogens with zero attached hydrogens (tertiary/aromatic N) is 3. The van der Waals surface area contributed by atoms with Crippen LogP contribution in [0.3, 0.4) is 0 Å². The van der Waals surface area contributed by atoms with Crippen LogP contribution in [0.15, 0.2) is 58.3 Å². The normalized spacial score (nSPS) is 11.3. The maximum Gasteiger partial charge on any atom is 0.350 e. The molecule has 1 amide bonds. The van der Waals surface area contributed by atoms with E-state index in [1.807, 2.05) is 0 Å². The van der Waals surface area contributed by atoms with Crippen LogP contribution in [0.5, 0.6) is 0 Å². The van der Waals surface area contributed by atoms with E-state index in [-0.39, 0.29) is 18.8 Å². The van der Waals surface area contributed by atoms with E-state index in [1.54, 1.807) is 18.2 Å². The van der Waals surface area contributed by atoms with E-state index in [0.29, 0.717) is 9.70 Å². The predicted molar refractivity (Wildman–Crippen MR) is 123 cm³/mol. The number of aryl methyl sites for hydroxylation is 1. The number of hydrogen-bond donors (Lipinski definition) is 3. The minimum absolute atomic E-state index is 0.119. The Balaban J connectivity index is 1.75. The number of rotatable bonds is 9. The molecule has 0 unspecified atom stereocenters. The Labute approximate surface area is 198 Å². The van der Waals surface area contributed by atoms with Crippen LogP contribution in [-0.4, -0.2) is 26.7 Å². The molecule has 0 bridgehead atoms. The van der Waals surface area contributed by atoms with Crippen molar-refractivity contribution in [2.75, 3.05) is 12.0 Å². The molecule has 3 rings (SSSR count). The summed E-state index contributed by atoms with van der Waals surface area (Å²) in [5, 5.41) is 3.15. The monoisotopic (exact) mass is 492 g/mol. The average Bonchev–Trinajstić information content (AvgIpc) is 2.81. The quantitative estimate of drug-likeness (QED) is 0.415. The number of alkyl halides is 2. The van der Waals surface area contributed by atoms with Gasteiger partial charge in [-0.2, -0.15) is 13.5 Å². The first-order valence-electron chi connectivity index (χ1n) is 10.2. The maximum atomic E-state index is 14.4. The molecule has 0 saturated carbocycles. The van der Waals surface area contributed by atoms with Gasteiger partial charge in [-0.1, -0.05) is 23.7 Å². The van der Waals surface area contributed by atoms with Crippen molar-refractivity contribution in [2.45, 2.75) is 32.5 Å². The summed E-state index contributed by atoms with van der Waals surface area (Å²) in [4.78, 5) is 41.2. The number of pyridine rings is 1. The summed E-state index contributed by atoms with van der Waals surface area (Å²) in [7, 11) is 0. The SMILES string of the molecule is Cc1cc(=O)n(NCC(F)(F)c2ccccn2)c(=O)n1CC(=O)NCc1cc(Cl)ccc1CN. The fourth-order valence-corrected chi connectivity index (χ4v) is 3.42. The highest BCUT2D eigenvalue weighted by Gasteiger charge is 2.33. The molecule has 12 heteroatoms. The molecule has 3 aromatic rings. The van der Waals surface area contributed by atoms with Crippen molar-refractivity contribution in [1.82, 2.24) is 19.5 Å². The van der Waals surface area contributed by atoms with E-state index in [1.165, 1.54) is 25.3 Å². The summed E-state index contributed by atoms with van der Waals surface area (Å²) in [5.74, 6) is -3.98. The number of hydrogen-bond acceptors (Lipinski definition) is 6. The minimum Gasteiger partial charge on any atom is -0.350 e. The molecule has 2 aromatic heterocycles. The lowest BCUT2D eigenvalue weighted by molar-refractivity contribution is -0.121. The van der Waals surface area contributed by atoms with E-state index in [2.05, 4.69) is 15.7 Å². The van der Waals surface area contributed by atoms with Gasteiger partial charge in [0.25, 0.3) is 5.56 Å². The molecule has 0 aliphatic rings. The molecular formula is C22H23ClF2N6O3. The molecule has 0 spiro atoms. The molecule has 34 heavy (non-hydrogen) atoms. The second-order valence-corrected chi connectivity index (χ2v) is 7.91. The van der Waals surface area contributed by atoms with Crippen LogP contribution in [0.2, 0.25) is 5.02 Å². The molecule has 0 atom stereocenters. The second kappa shape index (κ2) is 10.6. The zero-order valence-electron chi connectivity index (χ0n) is 18.2. The van der Waals surface area contributed by atoms with Crippen molar-refractivity contribution in [2.24, 2.45) is 5.73 Å². The number of nitrogens with two attached hydrogens (primary N) is 1. The zero-order chi connectivity index (χ0) is 24.9. The first-order chi connectivity index (χ1) is 16.1. The van der Waals surface area contributed by atoms with Crippen molar-refractivity contribution in [3.63, 3.8) is 0 Å². The lowest BCUT2D eigenvalue weighted by Gasteiger charge is -2.19. The van der Waals surface area contributed by atoms with Gasteiger partial charge in [-0.3, -0.25) is 19.1 Å². The molecular weight excluding hydrogens is 470 g/mol. The Bertz CT molecular complexity index is 1290. The van der Waals surface area contributed by atoms with Gasteiger partial charge in [0.1, 0.15) is 18.8 Å². The molecule has 1 aromatic carbocycles. The van der Waals surface area contributed by atoms with Crippen LogP contribution in [0.4, 0.5) is 8.78 Å². The van der Waals surface area contributed by atoms with Gasteiger partial charge in [-0.15, -0.1) is 0 Å². The number of carbonyl (C=O) groups excluding carboxylic acids is 1. The Kier molecular flexibility index (Phi) is 7.79. The number of nitrogens with one attached hydrogen (secondary N) is 2. The first kappa shape index (κ1) is 25.1. The number of aromatic nitrogens is 3. The molecule has 9 nitrogen and oxygen atoms in total. The van der Waals surface area contributed by atoms with Gasteiger partial charge in [-0.05, 0) is 42.3 Å². The summed E-state index contributed by atoms with van der Waals surface area (Å²) < 4.78 is 30.3. The Morgan fingerprint density at radius 2 is 1.94 bits per heavy atom. The molecule has 0 aliphatic carbocycles. The number of halogens is 3. The van der Waals surface area contributed by atoms with Crippen LogP contribution < -0.4 is 27.7 Å². The van der Waals surface area contributed by atoms with Gasteiger partial charge >= 0.3 is 11.6 Å². The average molecular weight is 493 g/mol. The molecule has 0 saturated heterocycles. The van der Waals surface area contributed by atoms with Crippen LogP contribution in [0.1, 0.15) is 22.5 Å². The highest BCUT2D eigenvalue weighted by atomic mass is 35.5. The van der Waals surface area contributed by atoms with E-state index < -0.39 is 41.9 Å². The molecule has 0 aliphatic heterocycles. The van der Waals surface area contributed by atoms with Gasteiger partial charge < -0.3 is 16.5 Å². The van der Waals surface area contributed by atoms with Crippen molar-refractivity contribution in [3.8, 4) is 0 Å². The van der Waals surface area contributed by atoms with Crippen LogP contribution in [0, 0.1) is 6.92 Å². The third kappa shape index (κ3) is 5.86. The van der Waals surface area contributed by atoms with Gasteiger partial charge in [0.15, 0.2) is 0 Å². The third-order valence-electron chi connectivity index (χ3n) is 5.07. The van der Waals surface area contributed by atoms with Gasteiger partial charge in [0.2, 0.25) is 5.91 Å². The highest BCUT2D eigenvalue weighted by molar-refractivity contribution is 6.30. The summed E-state index contributed by atoms with van der Waals surface area (Å²) in [6.45, 7) is 0.355. The van der Waals surface area contributed by atoms with E-state index in [4.69, 9.17) is 17.3 Å². The third-order valence-corrected chi connectivity index (χ3v) is 5.30. The summed E-state index contributed by atoms with van der Waals surface area (Å²) in [5.41, 5.74) is 7.27. The van der Waals surface area contributed by atoms with Gasteiger partial charge in [-0.25, -0.2) is 4.79 Å². The van der Waals surface area contributed by atoms with Crippen molar-refractivity contribution in [3.05, 3.63) is 97.0 Å². The Hall–Kier alpha value is -3.57. The minimum atomic E-state index is -3.45. The maximum absolute atomic E-state index is 14.4. The molecule has 180 valence electrons. The standard InChI is InChI=1S/C22H23ClF2N6O3/c1-14-8-20(33)31(29-13-22(24,25)18-4-2-3-7-27-18)21(34)30(14)12-19(32)28-11-16-9-17(23)6-5-15(16)10-26/h2-9,29H,10-13,26H2,1H3,(H,28,32). The molecule has 4 N–H and O–H groups in total. The lowest BCUT2D eigenvalue weighted by Crippen LogP contribution is -2.48. The second-order valence-electron chi connectivity index (χ2n) is 7.48. The predicted octanol–water partition coefficient (Wildman–Crippen LogP) is 1.48. The molecule has 2 heterocycles. The molecule has 0 radical (unpaired) electrons. The van der Waals surface area contributed by atoms with Crippen LogP contribution >= 0.6 is 11.6 Å². The Morgan fingerprint density at radius 1 is 1.18 bits per heavy atom. The van der Waals surface area contributed by atoms with E-state index in [0.717, 1.165) is 27.8 Å². The fraction of sp³-hybridized carbons (Fsp3) is 0.273. The first-order valence-corrected chi connectivity index (χ1v) is 10.6. The van der Waals surface area contributed by atoms with Crippen LogP contribution in [0.25, 0.3) is 0 Å². The topological polar surface area (TPSA) is 124 Å². The smallest absolute Gasteiger partial charge is 0.350 e.